The van der Waals surface area contributed by atoms with Crippen molar-refractivity contribution in [2.24, 2.45) is 0 Å². The van der Waals surface area contributed by atoms with Crippen molar-refractivity contribution in [1.29, 1.82) is 0 Å². The molecule has 2 aromatic carbocycles. The fourth-order valence-electron chi connectivity index (χ4n) is 2.37. The number of amides is 2. The van der Waals surface area contributed by atoms with E-state index in [1.54, 1.807) is 18.2 Å². The molecule has 0 saturated heterocycles. The first kappa shape index (κ1) is 20.0. The van der Waals surface area contributed by atoms with E-state index in [2.05, 4.69) is 17.6 Å². The van der Waals surface area contributed by atoms with Crippen molar-refractivity contribution in [1.82, 2.24) is 5.32 Å². The molecule has 0 radical (unpaired) electrons. The van der Waals surface area contributed by atoms with E-state index in [0.29, 0.717) is 17.8 Å². The molecule has 0 heterocycles. The number of rotatable bonds is 8. The van der Waals surface area contributed by atoms with Crippen LogP contribution in [0.2, 0.25) is 0 Å². The van der Waals surface area contributed by atoms with Crippen LogP contribution in [-0.4, -0.2) is 23.6 Å². The second kappa shape index (κ2) is 10.0. The SMILES string of the molecule is CCCCNC(=O)c1ccccc1NC(=O)C(C)Sc1ccc(C)cc1. The highest BCUT2D eigenvalue weighted by molar-refractivity contribution is 8.00. The highest BCUT2D eigenvalue weighted by atomic mass is 32.2. The Balaban J connectivity index is 2.01. The number of carbonyl (C=O) groups excluding carboxylic acids is 2. The maximum atomic E-state index is 12.6. The molecule has 2 amide bonds. The lowest BCUT2D eigenvalue weighted by Crippen LogP contribution is -2.28. The third-order valence-corrected chi connectivity index (χ3v) is 5.06. The van der Waals surface area contributed by atoms with Gasteiger partial charge in [-0.15, -0.1) is 11.8 Å². The molecule has 0 aliphatic rings. The van der Waals surface area contributed by atoms with Crippen LogP contribution in [0.5, 0.6) is 0 Å². The van der Waals surface area contributed by atoms with Gasteiger partial charge in [0.05, 0.1) is 16.5 Å². The van der Waals surface area contributed by atoms with E-state index < -0.39 is 0 Å². The molecule has 4 nitrogen and oxygen atoms in total. The second-order valence-electron chi connectivity index (χ2n) is 6.22. The third-order valence-electron chi connectivity index (χ3n) is 3.95. The molecule has 0 saturated carbocycles. The molecule has 2 rings (SSSR count). The summed E-state index contributed by atoms with van der Waals surface area (Å²) >= 11 is 1.50. The lowest BCUT2D eigenvalue weighted by Gasteiger charge is -2.15. The van der Waals surface area contributed by atoms with Crippen LogP contribution < -0.4 is 10.6 Å². The lowest BCUT2D eigenvalue weighted by atomic mass is 10.1. The van der Waals surface area contributed by atoms with Gasteiger partial charge in [-0.05, 0) is 44.5 Å². The summed E-state index contributed by atoms with van der Waals surface area (Å²) in [6.45, 7) is 6.61. The quantitative estimate of drug-likeness (QED) is 0.525. The number of aryl methyl sites for hydroxylation is 1. The maximum Gasteiger partial charge on any atom is 0.253 e. The van der Waals surface area contributed by atoms with E-state index in [1.807, 2.05) is 44.2 Å². The number of benzene rings is 2. The minimum atomic E-state index is -0.270. The number of hydrogen-bond acceptors (Lipinski definition) is 3. The van der Waals surface area contributed by atoms with Crippen LogP contribution in [-0.2, 0) is 4.79 Å². The van der Waals surface area contributed by atoms with E-state index in [9.17, 15) is 9.59 Å². The summed E-state index contributed by atoms with van der Waals surface area (Å²) in [7, 11) is 0. The van der Waals surface area contributed by atoms with Gasteiger partial charge in [0.2, 0.25) is 5.91 Å². The number of hydrogen-bond donors (Lipinski definition) is 2. The normalized spacial score (nSPS) is 11.7. The highest BCUT2D eigenvalue weighted by Crippen LogP contribution is 2.25. The summed E-state index contributed by atoms with van der Waals surface area (Å²) in [5.74, 6) is -0.280. The highest BCUT2D eigenvalue weighted by Gasteiger charge is 2.18. The fraction of sp³-hybridized carbons (Fsp3) is 0.333. The number of para-hydroxylation sites is 1. The summed E-state index contributed by atoms with van der Waals surface area (Å²) in [6.07, 6.45) is 1.96. The van der Waals surface area contributed by atoms with Crippen molar-refractivity contribution in [3.05, 3.63) is 59.7 Å². The summed E-state index contributed by atoms with van der Waals surface area (Å²) in [5.41, 5.74) is 2.22. The first-order valence-corrected chi connectivity index (χ1v) is 9.80. The minimum Gasteiger partial charge on any atom is -0.352 e. The fourth-order valence-corrected chi connectivity index (χ4v) is 3.24. The van der Waals surface area contributed by atoms with Gasteiger partial charge in [-0.2, -0.15) is 0 Å². The summed E-state index contributed by atoms with van der Waals surface area (Å²) < 4.78 is 0. The van der Waals surface area contributed by atoms with E-state index in [-0.39, 0.29) is 17.1 Å². The van der Waals surface area contributed by atoms with Gasteiger partial charge >= 0.3 is 0 Å². The van der Waals surface area contributed by atoms with Gasteiger partial charge in [0.1, 0.15) is 0 Å². The minimum absolute atomic E-state index is 0.121. The Morgan fingerprint density at radius 2 is 1.77 bits per heavy atom. The van der Waals surface area contributed by atoms with Crippen LogP contribution in [0.15, 0.2) is 53.4 Å². The molecule has 2 N–H and O–H groups in total. The van der Waals surface area contributed by atoms with Crippen LogP contribution in [0.1, 0.15) is 42.6 Å². The van der Waals surface area contributed by atoms with Crippen LogP contribution in [0.25, 0.3) is 0 Å². The Labute approximate surface area is 159 Å². The molecular weight excluding hydrogens is 344 g/mol. The predicted molar refractivity (Wildman–Crippen MR) is 109 cm³/mol. The number of carbonyl (C=O) groups is 2. The Hall–Kier alpha value is -2.27. The number of nitrogens with one attached hydrogen (secondary N) is 2. The Kier molecular flexibility index (Phi) is 7.73. The van der Waals surface area contributed by atoms with Crippen LogP contribution in [0.3, 0.4) is 0 Å². The molecule has 0 aromatic heterocycles. The number of unbranched alkanes of at least 4 members (excludes halogenated alkanes) is 1. The van der Waals surface area contributed by atoms with Crippen LogP contribution >= 0.6 is 11.8 Å². The first-order valence-electron chi connectivity index (χ1n) is 8.92. The molecule has 0 aliphatic carbocycles. The van der Waals surface area contributed by atoms with Gasteiger partial charge in [0, 0.05) is 11.4 Å². The Bertz CT molecular complexity index is 744. The smallest absolute Gasteiger partial charge is 0.253 e. The monoisotopic (exact) mass is 370 g/mol. The zero-order chi connectivity index (χ0) is 18.9. The van der Waals surface area contributed by atoms with Crippen molar-refractivity contribution < 1.29 is 9.59 Å². The molecule has 0 bridgehead atoms. The zero-order valence-electron chi connectivity index (χ0n) is 15.5. The predicted octanol–water partition coefficient (Wildman–Crippen LogP) is 4.64. The van der Waals surface area contributed by atoms with Gasteiger partial charge in [-0.1, -0.05) is 43.2 Å². The molecular formula is C21H26N2O2S. The summed E-state index contributed by atoms with van der Waals surface area (Å²) in [4.78, 5) is 25.9. The van der Waals surface area contributed by atoms with Gasteiger partial charge in [-0.25, -0.2) is 0 Å². The lowest BCUT2D eigenvalue weighted by molar-refractivity contribution is -0.115. The Morgan fingerprint density at radius 3 is 2.46 bits per heavy atom. The van der Waals surface area contributed by atoms with Crippen molar-refractivity contribution >= 4 is 29.3 Å². The maximum absolute atomic E-state index is 12.6. The zero-order valence-corrected chi connectivity index (χ0v) is 16.4. The van der Waals surface area contributed by atoms with Crippen molar-refractivity contribution in [3.63, 3.8) is 0 Å². The third kappa shape index (κ3) is 5.92. The number of anilines is 1. The van der Waals surface area contributed by atoms with Gasteiger partial charge in [-0.3, -0.25) is 9.59 Å². The number of thioether (sulfide) groups is 1. The molecule has 0 spiro atoms. The molecule has 2 aromatic rings. The molecule has 5 heteroatoms. The first-order chi connectivity index (χ1) is 12.5. The molecule has 1 atom stereocenters. The van der Waals surface area contributed by atoms with Gasteiger partial charge in [0.25, 0.3) is 5.91 Å². The summed E-state index contributed by atoms with van der Waals surface area (Å²) in [5, 5.41) is 5.52. The van der Waals surface area contributed by atoms with Crippen molar-refractivity contribution in [2.45, 2.75) is 43.8 Å². The standard InChI is InChI=1S/C21H26N2O2S/c1-4-5-14-22-21(25)18-8-6-7-9-19(18)23-20(24)16(3)26-17-12-10-15(2)11-13-17/h6-13,16H,4-5,14H2,1-3H3,(H,22,25)(H,23,24). The molecule has 138 valence electrons. The summed E-state index contributed by atoms with van der Waals surface area (Å²) in [6, 6.07) is 15.2. The molecule has 26 heavy (non-hydrogen) atoms. The average molecular weight is 371 g/mol. The van der Waals surface area contributed by atoms with E-state index in [1.165, 1.54) is 17.3 Å². The van der Waals surface area contributed by atoms with Crippen molar-refractivity contribution in [3.8, 4) is 0 Å². The second-order valence-corrected chi connectivity index (χ2v) is 7.63. The van der Waals surface area contributed by atoms with E-state index in [0.717, 1.165) is 17.7 Å². The molecule has 1 unspecified atom stereocenters. The topological polar surface area (TPSA) is 58.2 Å². The van der Waals surface area contributed by atoms with Crippen LogP contribution in [0, 0.1) is 6.92 Å². The van der Waals surface area contributed by atoms with E-state index in [4.69, 9.17) is 0 Å². The van der Waals surface area contributed by atoms with Crippen molar-refractivity contribution in [2.75, 3.05) is 11.9 Å². The van der Waals surface area contributed by atoms with Gasteiger partial charge < -0.3 is 10.6 Å². The van der Waals surface area contributed by atoms with Crippen LogP contribution in [0.4, 0.5) is 5.69 Å². The molecule has 0 fully saturated rings. The largest absolute Gasteiger partial charge is 0.352 e. The van der Waals surface area contributed by atoms with Gasteiger partial charge in [0.15, 0.2) is 0 Å². The Morgan fingerprint density at radius 1 is 1.08 bits per heavy atom. The molecule has 0 aliphatic heterocycles. The average Bonchev–Trinajstić information content (AvgIpc) is 2.64. The van der Waals surface area contributed by atoms with E-state index >= 15 is 0 Å².